The highest BCUT2D eigenvalue weighted by Gasteiger charge is 1.91. The summed E-state index contributed by atoms with van der Waals surface area (Å²) in [4.78, 5) is 0. The van der Waals surface area contributed by atoms with Crippen LogP contribution >= 0.6 is 8.58 Å². The minimum atomic E-state index is 1.23. The Labute approximate surface area is 93.0 Å². The minimum absolute atomic E-state index is 1.23. The van der Waals surface area contributed by atoms with Gasteiger partial charge < -0.3 is 0 Å². The van der Waals surface area contributed by atoms with E-state index in [1.54, 1.807) is 0 Å². The Bertz CT molecular complexity index is 79.2. The van der Waals surface area contributed by atoms with E-state index in [9.17, 15) is 0 Å². The highest BCUT2D eigenvalue weighted by Crippen LogP contribution is 2.14. The van der Waals surface area contributed by atoms with Crippen LogP contribution in [0, 0.1) is 0 Å². The number of hydrogen-bond donors (Lipinski definition) is 0. The van der Waals surface area contributed by atoms with Crippen LogP contribution in [0.4, 0.5) is 0 Å². The van der Waals surface area contributed by atoms with Gasteiger partial charge in [0.2, 0.25) is 0 Å². The summed E-state index contributed by atoms with van der Waals surface area (Å²) in [5, 5.41) is 0. The standard InChI is InChI=1S/C13H29P/c1-3-5-6-7-8-9-10-11-12-13-14-4-2/h14H,3-13H2,1-2H3. The molecule has 0 aromatic carbocycles. The lowest BCUT2D eigenvalue weighted by atomic mass is 10.1. The van der Waals surface area contributed by atoms with Crippen molar-refractivity contribution in [3.05, 3.63) is 0 Å². The van der Waals surface area contributed by atoms with Crippen molar-refractivity contribution < 1.29 is 0 Å². The van der Waals surface area contributed by atoms with Crippen molar-refractivity contribution in [2.24, 2.45) is 0 Å². The van der Waals surface area contributed by atoms with Gasteiger partial charge in [0.1, 0.15) is 0 Å². The molecule has 0 heterocycles. The zero-order chi connectivity index (χ0) is 10.5. The summed E-state index contributed by atoms with van der Waals surface area (Å²) in [6.07, 6.45) is 16.1. The molecule has 0 aliphatic carbocycles. The third-order valence-electron chi connectivity index (χ3n) is 2.71. The van der Waals surface area contributed by atoms with Crippen LogP contribution in [-0.4, -0.2) is 12.3 Å². The zero-order valence-corrected chi connectivity index (χ0v) is 11.3. The lowest BCUT2D eigenvalue weighted by molar-refractivity contribution is 0.573. The molecule has 0 nitrogen and oxygen atoms in total. The third-order valence-corrected chi connectivity index (χ3v) is 3.91. The van der Waals surface area contributed by atoms with Crippen molar-refractivity contribution in [3.8, 4) is 0 Å². The Balaban J connectivity index is 2.78. The maximum atomic E-state index is 2.30. The van der Waals surface area contributed by atoms with E-state index in [0.717, 1.165) is 0 Å². The molecule has 14 heavy (non-hydrogen) atoms. The predicted octanol–water partition coefficient (Wildman–Crippen LogP) is 5.22. The van der Waals surface area contributed by atoms with Gasteiger partial charge in [0.15, 0.2) is 0 Å². The van der Waals surface area contributed by atoms with E-state index in [2.05, 4.69) is 13.8 Å². The first-order valence-electron chi connectivity index (χ1n) is 6.62. The molecule has 0 saturated heterocycles. The smallest absolute Gasteiger partial charge is 0.0354 e. The van der Waals surface area contributed by atoms with Gasteiger partial charge in [0, 0.05) is 0 Å². The fourth-order valence-electron chi connectivity index (χ4n) is 1.74. The topological polar surface area (TPSA) is 0 Å². The van der Waals surface area contributed by atoms with Crippen LogP contribution in [-0.2, 0) is 0 Å². The van der Waals surface area contributed by atoms with Gasteiger partial charge in [-0.05, 0) is 18.7 Å². The van der Waals surface area contributed by atoms with Crippen molar-refractivity contribution >= 4 is 8.58 Å². The average molecular weight is 216 g/mol. The van der Waals surface area contributed by atoms with Crippen LogP contribution < -0.4 is 0 Å². The van der Waals surface area contributed by atoms with Gasteiger partial charge in [0.25, 0.3) is 0 Å². The Morgan fingerprint density at radius 2 is 1.14 bits per heavy atom. The zero-order valence-electron chi connectivity index (χ0n) is 10.3. The van der Waals surface area contributed by atoms with Crippen molar-refractivity contribution in [1.82, 2.24) is 0 Å². The molecular formula is C13H29P. The third kappa shape index (κ3) is 12.4. The van der Waals surface area contributed by atoms with Gasteiger partial charge >= 0.3 is 0 Å². The van der Waals surface area contributed by atoms with E-state index in [-0.39, 0.29) is 0 Å². The van der Waals surface area contributed by atoms with Crippen LogP contribution in [0.5, 0.6) is 0 Å². The second-order valence-corrected chi connectivity index (χ2v) is 5.89. The molecule has 0 spiro atoms. The first-order valence-corrected chi connectivity index (χ1v) is 8.04. The van der Waals surface area contributed by atoms with Crippen molar-refractivity contribution in [1.29, 1.82) is 0 Å². The lowest BCUT2D eigenvalue weighted by Gasteiger charge is -2.01. The first kappa shape index (κ1) is 14.4. The summed E-state index contributed by atoms with van der Waals surface area (Å²) in [7, 11) is 1.23. The Kier molecular flexibility index (Phi) is 13.8. The van der Waals surface area contributed by atoms with Gasteiger partial charge in [-0.1, -0.05) is 65.2 Å². The number of hydrogen-bond acceptors (Lipinski definition) is 0. The molecule has 0 aliphatic rings. The Morgan fingerprint density at radius 3 is 1.64 bits per heavy atom. The molecule has 0 bridgehead atoms. The van der Waals surface area contributed by atoms with Gasteiger partial charge in [-0.15, -0.1) is 8.58 Å². The molecule has 0 N–H and O–H groups in total. The van der Waals surface area contributed by atoms with Crippen LogP contribution in [0.2, 0.25) is 0 Å². The SMILES string of the molecule is CCCCCCCCCCCPCC. The van der Waals surface area contributed by atoms with Crippen LogP contribution in [0.25, 0.3) is 0 Å². The van der Waals surface area contributed by atoms with E-state index >= 15 is 0 Å². The molecule has 0 fully saturated rings. The highest BCUT2D eigenvalue weighted by molar-refractivity contribution is 7.37. The van der Waals surface area contributed by atoms with Crippen LogP contribution in [0.3, 0.4) is 0 Å². The molecule has 0 aliphatic heterocycles. The van der Waals surface area contributed by atoms with Crippen molar-refractivity contribution in [2.75, 3.05) is 12.3 Å². The van der Waals surface area contributed by atoms with Gasteiger partial charge in [-0.25, -0.2) is 0 Å². The fraction of sp³-hybridized carbons (Fsp3) is 1.00. The maximum absolute atomic E-state index is 2.30. The molecule has 0 radical (unpaired) electrons. The average Bonchev–Trinajstić information content (AvgIpc) is 2.21. The summed E-state index contributed by atoms with van der Waals surface area (Å²) < 4.78 is 0. The second-order valence-electron chi connectivity index (χ2n) is 4.18. The molecule has 0 amide bonds. The van der Waals surface area contributed by atoms with Gasteiger partial charge in [-0.2, -0.15) is 0 Å². The quantitative estimate of drug-likeness (QED) is 0.328. The van der Waals surface area contributed by atoms with E-state index in [1.165, 1.54) is 78.7 Å². The molecule has 0 saturated carbocycles. The van der Waals surface area contributed by atoms with E-state index in [0.29, 0.717) is 0 Å². The maximum Gasteiger partial charge on any atom is -0.0354 e. The molecule has 1 atom stereocenters. The number of unbranched alkanes of at least 4 members (excludes halogenated alkanes) is 8. The molecule has 1 heteroatoms. The largest absolute Gasteiger partial charge is 0.122 e. The van der Waals surface area contributed by atoms with Crippen molar-refractivity contribution in [2.45, 2.75) is 71.6 Å². The summed E-state index contributed by atoms with van der Waals surface area (Å²) >= 11 is 0. The molecule has 1 unspecified atom stereocenters. The lowest BCUT2D eigenvalue weighted by Crippen LogP contribution is -1.82. The molecule has 86 valence electrons. The summed E-state index contributed by atoms with van der Waals surface area (Å²) in [5.74, 6) is 0. The van der Waals surface area contributed by atoms with Crippen molar-refractivity contribution in [3.63, 3.8) is 0 Å². The summed E-state index contributed by atoms with van der Waals surface area (Å²) in [6, 6.07) is 0. The van der Waals surface area contributed by atoms with E-state index < -0.39 is 0 Å². The Hall–Kier alpha value is 0.430. The normalized spacial score (nSPS) is 11.6. The van der Waals surface area contributed by atoms with Crippen LogP contribution in [0.1, 0.15) is 71.6 Å². The monoisotopic (exact) mass is 216 g/mol. The molecule has 0 rings (SSSR count). The highest BCUT2D eigenvalue weighted by atomic mass is 31.1. The molecule has 0 aromatic rings. The van der Waals surface area contributed by atoms with E-state index in [4.69, 9.17) is 0 Å². The molecular weight excluding hydrogens is 187 g/mol. The van der Waals surface area contributed by atoms with Gasteiger partial charge in [0.05, 0.1) is 0 Å². The molecule has 0 aromatic heterocycles. The Morgan fingerprint density at radius 1 is 0.643 bits per heavy atom. The van der Waals surface area contributed by atoms with Gasteiger partial charge in [-0.3, -0.25) is 0 Å². The minimum Gasteiger partial charge on any atom is -0.122 e. The first-order chi connectivity index (χ1) is 6.91. The number of rotatable bonds is 11. The summed E-state index contributed by atoms with van der Waals surface area (Å²) in [6.45, 7) is 4.58. The second kappa shape index (κ2) is 13.4. The van der Waals surface area contributed by atoms with Crippen LogP contribution in [0.15, 0.2) is 0 Å². The van der Waals surface area contributed by atoms with E-state index in [1.807, 2.05) is 0 Å². The fourth-order valence-corrected chi connectivity index (χ4v) is 2.59. The summed E-state index contributed by atoms with van der Waals surface area (Å²) in [5.41, 5.74) is 0. The predicted molar refractivity (Wildman–Crippen MR) is 71.0 cm³/mol.